The third-order valence-electron chi connectivity index (χ3n) is 5.41. The second-order valence-electron chi connectivity index (χ2n) is 7.30. The zero-order chi connectivity index (χ0) is 19.2. The number of hydrogen-bond donors (Lipinski definition) is 1. The average Bonchev–Trinajstić information content (AvgIpc) is 2.70. The van der Waals surface area contributed by atoms with Crippen molar-refractivity contribution in [1.29, 1.82) is 0 Å². The molecule has 4 nitrogen and oxygen atoms in total. The van der Waals surface area contributed by atoms with E-state index >= 15 is 0 Å². The van der Waals surface area contributed by atoms with E-state index in [0.717, 1.165) is 50.1 Å². The Labute approximate surface area is 167 Å². The molecule has 0 aliphatic carbocycles. The number of benzene rings is 2. The molecule has 0 unspecified atom stereocenters. The van der Waals surface area contributed by atoms with Gasteiger partial charge in [0.25, 0.3) is 0 Å². The molecule has 0 aromatic heterocycles. The second-order valence-corrected chi connectivity index (χ2v) is 7.71. The van der Waals surface area contributed by atoms with Gasteiger partial charge in [0.15, 0.2) is 0 Å². The summed E-state index contributed by atoms with van der Waals surface area (Å²) in [5.41, 5.74) is 3.04. The molecule has 3 rings (SSSR count). The normalized spacial score (nSPS) is 17.2. The summed E-state index contributed by atoms with van der Waals surface area (Å²) < 4.78 is 0. The van der Waals surface area contributed by atoms with Crippen LogP contribution in [0.25, 0.3) is 0 Å². The number of amides is 2. The summed E-state index contributed by atoms with van der Waals surface area (Å²) in [6.45, 7) is 4.48. The van der Waals surface area contributed by atoms with Crippen molar-refractivity contribution in [2.24, 2.45) is 0 Å². The first-order valence-corrected chi connectivity index (χ1v) is 9.97. The first-order valence-electron chi connectivity index (χ1n) is 9.60. The van der Waals surface area contributed by atoms with Crippen LogP contribution in [0.4, 0.5) is 10.5 Å². The summed E-state index contributed by atoms with van der Waals surface area (Å²) in [5, 5.41) is 3.69. The summed E-state index contributed by atoms with van der Waals surface area (Å²) in [4.78, 5) is 17.0. The van der Waals surface area contributed by atoms with E-state index in [1.165, 1.54) is 5.56 Å². The minimum absolute atomic E-state index is 0.0403. The zero-order valence-corrected chi connectivity index (χ0v) is 16.9. The number of hydrogen-bond acceptors (Lipinski definition) is 2. The Balaban J connectivity index is 1.55. The highest BCUT2D eigenvalue weighted by atomic mass is 35.5. The smallest absolute Gasteiger partial charge is 0.321 e. The molecule has 2 aromatic rings. The standard InChI is InChI=1S/C22H28ClN3O/c1-17-20(23)11-6-12-21(17)24-22(27)26-14-7-10-19(16-26)25(2)15-13-18-8-4-3-5-9-18/h3-6,8-9,11-12,19H,7,10,13-16H2,1-2H3,(H,24,27)/t19-/m0/s1. The number of nitrogens with one attached hydrogen (secondary N) is 1. The topological polar surface area (TPSA) is 35.6 Å². The molecular weight excluding hydrogens is 358 g/mol. The van der Waals surface area contributed by atoms with E-state index in [1.807, 2.05) is 36.1 Å². The first-order chi connectivity index (χ1) is 13.0. The number of likely N-dealkylation sites (tertiary alicyclic amines) is 1. The summed E-state index contributed by atoms with van der Waals surface area (Å²) >= 11 is 6.16. The van der Waals surface area contributed by atoms with Crippen LogP contribution in [-0.4, -0.2) is 48.6 Å². The predicted octanol–water partition coefficient (Wildman–Crippen LogP) is 4.82. The van der Waals surface area contributed by atoms with Gasteiger partial charge in [-0.2, -0.15) is 0 Å². The maximum atomic E-state index is 12.7. The van der Waals surface area contributed by atoms with Gasteiger partial charge in [0.1, 0.15) is 0 Å². The molecule has 1 atom stereocenters. The number of halogens is 1. The van der Waals surface area contributed by atoms with E-state index in [9.17, 15) is 4.79 Å². The van der Waals surface area contributed by atoms with Gasteiger partial charge in [-0.25, -0.2) is 4.79 Å². The van der Waals surface area contributed by atoms with Crippen molar-refractivity contribution in [3.8, 4) is 0 Å². The fraction of sp³-hybridized carbons (Fsp3) is 0.409. The molecule has 0 spiro atoms. The average molecular weight is 386 g/mol. The highest BCUT2D eigenvalue weighted by Crippen LogP contribution is 2.24. The molecule has 1 N–H and O–H groups in total. The molecule has 0 bridgehead atoms. The molecular formula is C22H28ClN3O. The Hall–Kier alpha value is -2.04. The number of carbonyl (C=O) groups excluding carboxylic acids is 1. The Morgan fingerprint density at radius 3 is 2.78 bits per heavy atom. The number of likely N-dealkylation sites (N-methyl/N-ethyl adjacent to an activating group) is 1. The van der Waals surface area contributed by atoms with E-state index in [-0.39, 0.29) is 6.03 Å². The Morgan fingerprint density at radius 2 is 2.00 bits per heavy atom. The largest absolute Gasteiger partial charge is 0.323 e. The molecule has 2 amide bonds. The first kappa shape index (κ1) is 19.7. The van der Waals surface area contributed by atoms with E-state index in [2.05, 4.69) is 41.5 Å². The summed E-state index contributed by atoms with van der Waals surface area (Å²) in [6.07, 6.45) is 3.19. The van der Waals surface area contributed by atoms with Crippen molar-refractivity contribution in [3.63, 3.8) is 0 Å². The maximum absolute atomic E-state index is 12.7. The van der Waals surface area contributed by atoms with Crippen LogP contribution in [0.3, 0.4) is 0 Å². The van der Waals surface area contributed by atoms with E-state index in [1.54, 1.807) is 0 Å². The van der Waals surface area contributed by atoms with Crippen molar-refractivity contribution < 1.29 is 4.79 Å². The van der Waals surface area contributed by atoms with Crippen molar-refractivity contribution in [1.82, 2.24) is 9.80 Å². The van der Waals surface area contributed by atoms with Gasteiger partial charge in [-0.1, -0.05) is 48.0 Å². The van der Waals surface area contributed by atoms with Gasteiger partial charge in [0, 0.05) is 36.4 Å². The van der Waals surface area contributed by atoms with Crippen molar-refractivity contribution >= 4 is 23.3 Å². The summed E-state index contributed by atoms with van der Waals surface area (Å²) in [6, 6.07) is 16.5. The quantitative estimate of drug-likeness (QED) is 0.800. The fourth-order valence-electron chi connectivity index (χ4n) is 3.57. The number of piperidine rings is 1. The lowest BCUT2D eigenvalue weighted by molar-refractivity contribution is 0.133. The van der Waals surface area contributed by atoms with Crippen LogP contribution in [0, 0.1) is 6.92 Å². The molecule has 0 radical (unpaired) electrons. The lowest BCUT2D eigenvalue weighted by atomic mass is 10.0. The monoisotopic (exact) mass is 385 g/mol. The third-order valence-corrected chi connectivity index (χ3v) is 5.82. The van der Waals surface area contributed by atoms with Gasteiger partial charge in [0.2, 0.25) is 0 Å². The molecule has 1 saturated heterocycles. The molecule has 1 fully saturated rings. The molecule has 2 aromatic carbocycles. The van der Waals surface area contributed by atoms with Gasteiger partial charge in [-0.15, -0.1) is 0 Å². The molecule has 1 aliphatic heterocycles. The SMILES string of the molecule is Cc1c(Cl)cccc1NC(=O)N1CCC[C@H](N(C)CCc2ccccc2)C1. The van der Waals surface area contributed by atoms with Gasteiger partial charge < -0.3 is 15.1 Å². The van der Waals surface area contributed by atoms with Crippen molar-refractivity contribution in [2.45, 2.75) is 32.2 Å². The number of nitrogens with zero attached hydrogens (tertiary/aromatic N) is 2. The highest BCUT2D eigenvalue weighted by Gasteiger charge is 2.26. The van der Waals surface area contributed by atoms with Crippen LogP contribution in [0.2, 0.25) is 5.02 Å². The summed E-state index contributed by atoms with van der Waals surface area (Å²) in [5.74, 6) is 0. The van der Waals surface area contributed by atoms with Crippen molar-refractivity contribution in [2.75, 3.05) is 32.0 Å². The summed E-state index contributed by atoms with van der Waals surface area (Å²) in [7, 11) is 2.16. The van der Waals surface area contributed by atoms with Gasteiger partial charge >= 0.3 is 6.03 Å². The van der Waals surface area contributed by atoms with Crippen LogP contribution in [0.5, 0.6) is 0 Å². The van der Waals surface area contributed by atoms with Gasteiger partial charge in [-0.05, 0) is 56.5 Å². The number of carbonyl (C=O) groups is 1. The van der Waals surface area contributed by atoms with Crippen LogP contribution in [-0.2, 0) is 6.42 Å². The molecule has 5 heteroatoms. The van der Waals surface area contributed by atoms with Gasteiger partial charge in [0.05, 0.1) is 0 Å². The number of urea groups is 1. The lowest BCUT2D eigenvalue weighted by Crippen LogP contribution is -2.50. The molecule has 27 heavy (non-hydrogen) atoms. The van der Waals surface area contributed by atoms with E-state index in [0.29, 0.717) is 11.1 Å². The molecule has 144 valence electrons. The minimum atomic E-state index is -0.0403. The maximum Gasteiger partial charge on any atom is 0.321 e. The second kappa shape index (κ2) is 9.25. The molecule has 0 saturated carbocycles. The van der Waals surface area contributed by atoms with Crippen LogP contribution < -0.4 is 5.32 Å². The Kier molecular flexibility index (Phi) is 6.75. The van der Waals surface area contributed by atoms with Gasteiger partial charge in [-0.3, -0.25) is 0 Å². The molecule has 1 heterocycles. The van der Waals surface area contributed by atoms with Crippen LogP contribution in [0.1, 0.15) is 24.0 Å². The van der Waals surface area contributed by atoms with Crippen molar-refractivity contribution in [3.05, 3.63) is 64.7 Å². The van der Waals surface area contributed by atoms with E-state index < -0.39 is 0 Å². The molecule has 1 aliphatic rings. The highest BCUT2D eigenvalue weighted by molar-refractivity contribution is 6.31. The van der Waals surface area contributed by atoms with Crippen LogP contribution in [0.15, 0.2) is 48.5 Å². The Morgan fingerprint density at radius 1 is 1.22 bits per heavy atom. The predicted molar refractivity (Wildman–Crippen MR) is 113 cm³/mol. The van der Waals surface area contributed by atoms with E-state index in [4.69, 9.17) is 11.6 Å². The minimum Gasteiger partial charge on any atom is -0.323 e. The number of rotatable bonds is 5. The fourth-order valence-corrected chi connectivity index (χ4v) is 3.74. The third kappa shape index (κ3) is 5.24. The zero-order valence-electron chi connectivity index (χ0n) is 16.1. The lowest BCUT2D eigenvalue weighted by Gasteiger charge is -2.37. The Bertz CT molecular complexity index is 765. The number of anilines is 1. The van der Waals surface area contributed by atoms with Crippen LogP contribution >= 0.6 is 11.6 Å².